The third kappa shape index (κ3) is 5.16. The highest BCUT2D eigenvalue weighted by molar-refractivity contribution is 6.30. The first kappa shape index (κ1) is 14.5. The van der Waals surface area contributed by atoms with E-state index < -0.39 is 17.9 Å². The molecule has 4 N–H and O–H groups in total. The van der Waals surface area contributed by atoms with Crippen molar-refractivity contribution in [3.05, 3.63) is 34.9 Å². The van der Waals surface area contributed by atoms with Gasteiger partial charge in [0.1, 0.15) is 6.04 Å². The zero-order chi connectivity index (χ0) is 13.5. The van der Waals surface area contributed by atoms with E-state index in [0.29, 0.717) is 11.6 Å². The van der Waals surface area contributed by atoms with Crippen molar-refractivity contribution in [2.45, 2.75) is 25.4 Å². The Bertz CT molecular complexity index is 420. The van der Waals surface area contributed by atoms with E-state index in [-0.39, 0.29) is 12.8 Å². The normalized spacial score (nSPS) is 12.1. The molecular weight excluding hydrogens is 256 g/mol. The molecule has 18 heavy (non-hydrogen) atoms. The van der Waals surface area contributed by atoms with Crippen molar-refractivity contribution >= 4 is 23.5 Å². The Morgan fingerprint density at radius 1 is 1.33 bits per heavy atom. The van der Waals surface area contributed by atoms with Crippen LogP contribution in [0.2, 0.25) is 5.02 Å². The molecule has 0 aliphatic carbocycles. The summed E-state index contributed by atoms with van der Waals surface area (Å²) in [4.78, 5) is 21.6. The topological polar surface area (TPSA) is 92.4 Å². The summed E-state index contributed by atoms with van der Waals surface area (Å²) in [7, 11) is 0. The lowest BCUT2D eigenvalue weighted by Gasteiger charge is -2.13. The van der Waals surface area contributed by atoms with Gasteiger partial charge in [0.2, 0.25) is 5.91 Å². The van der Waals surface area contributed by atoms with Gasteiger partial charge in [0.05, 0.1) is 0 Å². The van der Waals surface area contributed by atoms with Crippen LogP contribution in [-0.4, -0.2) is 23.0 Å². The second-order valence-electron chi connectivity index (χ2n) is 3.90. The minimum atomic E-state index is -0.995. The van der Waals surface area contributed by atoms with E-state index in [1.165, 1.54) is 0 Å². The number of primary amides is 1. The molecule has 0 aromatic heterocycles. The monoisotopic (exact) mass is 270 g/mol. The number of hydrogen-bond donors (Lipinski definition) is 3. The standard InChI is InChI=1S/C12H15ClN2O3/c13-9-3-1-8(2-4-9)7-15-10(12(17)18)5-6-11(14)16/h1-4,10,15H,5-7H2,(H2,14,16)(H,17,18). The Balaban J connectivity index is 2.49. The van der Waals surface area contributed by atoms with Crippen molar-refractivity contribution in [1.82, 2.24) is 5.32 Å². The molecule has 0 spiro atoms. The summed E-state index contributed by atoms with van der Waals surface area (Å²) in [5.74, 6) is -1.50. The Labute approximate surface area is 110 Å². The van der Waals surface area contributed by atoms with Crippen molar-refractivity contribution < 1.29 is 14.7 Å². The molecule has 0 fully saturated rings. The van der Waals surface area contributed by atoms with Gasteiger partial charge in [0, 0.05) is 18.0 Å². The Morgan fingerprint density at radius 2 is 1.94 bits per heavy atom. The summed E-state index contributed by atoms with van der Waals surface area (Å²) in [5, 5.41) is 12.5. The minimum absolute atomic E-state index is 0.0462. The van der Waals surface area contributed by atoms with Crippen LogP contribution in [-0.2, 0) is 16.1 Å². The van der Waals surface area contributed by atoms with Gasteiger partial charge < -0.3 is 16.2 Å². The van der Waals surface area contributed by atoms with Crippen LogP contribution in [0.4, 0.5) is 0 Å². The van der Waals surface area contributed by atoms with E-state index >= 15 is 0 Å². The van der Waals surface area contributed by atoms with Gasteiger partial charge in [-0.1, -0.05) is 23.7 Å². The fourth-order valence-corrected chi connectivity index (χ4v) is 1.57. The third-order valence-corrected chi connectivity index (χ3v) is 2.70. The lowest BCUT2D eigenvalue weighted by atomic mass is 10.1. The molecule has 1 unspecified atom stereocenters. The Kier molecular flexibility index (Phi) is 5.61. The molecule has 6 heteroatoms. The maximum Gasteiger partial charge on any atom is 0.320 e. The van der Waals surface area contributed by atoms with Crippen LogP contribution in [0.25, 0.3) is 0 Å². The Hall–Kier alpha value is -1.59. The maximum absolute atomic E-state index is 11.0. The maximum atomic E-state index is 11.0. The van der Waals surface area contributed by atoms with Crippen LogP contribution in [0.5, 0.6) is 0 Å². The summed E-state index contributed by atoms with van der Waals surface area (Å²) in [6.07, 6.45) is 0.225. The molecule has 0 aliphatic rings. The molecule has 0 bridgehead atoms. The van der Waals surface area contributed by atoms with Gasteiger partial charge in [-0.15, -0.1) is 0 Å². The quantitative estimate of drug-likeness (QED) is 0.693. The highest BCUT2D eigenvalue weighted by Gasteiger charge is 2.17. The molecule has 0 aliphatic heterocycles. The molecular formula is C12H15ClN2O3. The molecule has 1 atom stereocenters. The van der Waals surface area contributed by atoms with E-state index in [2.05, 4.69) is 5.32 Å². The number of benzene rings is 1. The van der Waals surface area contributed by atoms with Crippen molar-refractivity contribution in [1.29, 1.82) is 0 Å². The van der Waals surface area contributed by atoms with Crippen LogP contribution in [0.15, 0.2) is 24.3 Å². The highest BCUT2D eigenvalue weighted by atomic mass is 35.5. The fraction of sp³-hybridized carbons (Fsp3) is 0.333. The van der Waals surface area contributed by atoms with Crippen molar-refractivity contribution in [2.24, 2.45) is 5.73 Å². The van der Waals surface area contributed by atoms with Crippen LogP contribution in [0.1, 0.15) is 18.4 Å². The van der Waals surface area contributed by atoms with Crippen molar-refractivity contribution in [2.75, 3.05) is 0 Å². The number of rotatable bonds is 7. The van der Waals surface area contributed by atoms with Gasteiger partial charge in [-0.3, -0.25) is 9.59 Å². The minimum Gasteiger partial charge on any atom is -0.480 e. The summed E-state index contributed by atoms with van der Waals surface area (Å²) < 4.78 is 0. The predicted octanol–water partition coefficient (Wildman–Crippen LogP) is 1.15. The molecule has 1 aromatic rings. The van der Waals surface area contributed by atoms with Crippen LogP contribution in [0, 0.1) is 0 Å². The first-order chi connectivity index (χ1) is 8.49. The summed E-state index contributed by atoms with van der Waals surface area (Å²) >= 11 is 5.74. The number of carbonyl (C=O) groups is 2. The molecule has 0 heterocycles. The number of nitrogens with one attached hydrogen (secondary N) is 1. The largest absolute Gasteiger partial charge is 0.480 e. The van der Waals surface area contributed by atoms with Crippen molar-refractivity contribution in [3.63, 3.8) is 0 Å². The predicted molar refractivity (Wildman–Crippen MR) is 68.1 cm³/mol. The zero-order valence-corrected chi connectivity index (χ0v) is 10.5. The van der Waals surface area contributed by atoms with Gasteiger partial charge in [-0.2, -0.15) is 0 Å². The highest BCUT2D eigenvalue weighted by Crippen LogP contribution is 2.09. The van der Waals surface area contributed by atoms with Gasteiger partial charge in [0.25, 0.3) is 0 Å². The van der Waals surface area contributed by atoms with E-state index in [0.717, 1.165) is 5.56 Å². The molecule has 98 valence electrons. The number of carboxylic acids is 1. The van der Waals surface area contributed by atoms with Gasteiger partial charge in [0.15, 0.2) is 0 Å². The molecule has 1 aromatic carbocycles. The van der Waals surface area contributed by atoms with Crippen molar-refractivity contribution in [3.8, 4) is 0 Å². The number of nitrogens with two attached hydrogens (primary N) is 1. The Morgan fingerprint density at radius 3 is 2.44 bits per heavy atom. The molecule has 0 saturated heterocycles. The van der Waals surface area contributed by atoms with Crippen LogP contribution < -0.4 is 11.1 Å². The second kappa shape index (κ2) is 6.98. The number of carbonyl (C=O) groups excluding carboxylic acids is 1. The first-order valence-electron chi connectivity index (χ1n) is 5.48. The van der Waals surface area contributed by atoms with Crippen LogP contribution >= 0.6 is 11.6 Å². The molecule has 1 amide bonds. The smallest absolute Gasteiger partial charge is 0.320 e. The van der Waals surface area contributed by atoms with Gasteiger partial charge in [-0.05, 0) is 24.1 Å². The second-order valence-corrected chi connectivity index (χ2v) is 4.34. The van der Waals surface area contributed by atoms with Gasteiger partial charge in [-0.25, -0.2) is 0 Å². The molecule has 0 radical (unpaired) electrons. The molecule has 1 rings (SSSR count). The fourth-order valence-electron chi connectivity index (χ4n) is 1.44. The SMILES string of the molecule is NC(=O)CCC(NCc1ccc(Cl)cc1)C(=O)O. The van der Waals surface area contributed by atoms with E-state index in [1.807, 2.05) is 12.1 Å². The molecule has 0 saturated carbocycles. The van der Waals surface area contributed by atoms with Gasteiger partial charge >= 0.3 is 5.97 Å². The number of hydrogen-bond acceptors (Lipinski definition) is 3. The average Bonchev–Trinajstić information content (AvgIpc) is 2.30. The number of halogens is 1. The van der Waals surface area contributed by atoms with Crippen LogP contribution in [0.3, 0.4) is 0 Å². The van der Waals surface area contributed by atoms with E-state index in [4.69, 9.17) is 22.4 Å². The number of amides is 1. The number of carboxylic acid groups (broad SMARTS) is 1. The molecule has 5 nitrogen and oxygen atoms in total. The summed E-state index contributed by atoms with van der Waals surface area (Å²) in [6, 6.07) is 6.30. The first-order valence-corrected chi connectivity index (χ1v) is 5.86. The average molecular weight is 271 g/mol. The van der Waals surface area contributed by atoms with E-state index in [9.17, 15) is 9.59 Å². The lowest BCUT2D eigenvalue weighted by Crippen LogP contribution is -2.37. The van der Waals surface area contributed by atoms with E-state index in [1.54, 1.807) is 12.1 Å². The lowest BCUT2D eigenvalue weighted by molar-refractivity contribution is -0.139. The number of aliphatic carboxylic acids is 1. The zero-order valence-electron chi connectivity index (χ0n) is 9.73. The summed E-state index contributed by atoms with van der Waals surface area (Å²) in [5.41, 5.74) is 5.91. The third-order valence-electron chi connectivity index (χ3n) is 2.44. The summed E-state index contributed by atoms with van der Waals surface area (Å²) in [6.45, 7) is 0.396.